The molecular formula is C20H27N3O5S3. The number of thiophene rings is 1. The lowest BCUT2D eigenvalue weighted by atomic mass is 10.1. The lowest BCUT2D eigenvalue weighted by Gasteiger charge is -2.31. The molecule has 170 valence electrons. The van der Waals surface area contributed by atoms with Crippen molar-refractivity contribution in [2.75, 3.05) is 18.8 Å². The summed E-state index contributed by atoms with van der Waals surface area (Å²) in [6, 6.07) is 9.37. The van der Waals surface area contributed by atoms with E-state index >= 15 is 0 Å². The minimum atomic E-state index is -3.67. The van der Waals surface area contributed by atoms with Gasteiger partial charge in [0.05, 0.1) is 10.6 Å². The Morgan fingerprint density at radius 3 is 2.35 bits per heavy atom. The summed E-state index contributed by atoms with van der Waals surface area (Å²) in [6.07, 6.45) is 1.68. The molecule has 0 atom stereocenters. The molecule has 0 aliphatic carbocycles. The zero-order valence-corrected chi connectivity index (χ0v) is 19.7. The molecule has 2 aromatic rings. The van der Waals surface area contributed by atoms with Crippen LogP contribution in [0.4, 0.5) is 0 Å². The first-order chi connectivity index (χ1) is 14.7. The summed E-state index contributed by atoms with van der Waals surface area (Å²) < 4.78 is 53.2. The van der Waals surface area contributed by atoms with E-state index in [0.29, 0.717) is 37.9 Å². The van der Waals surface area contributed by atoms with E-state index < -0.39 is 20.0 Å². The lowest BCUT2D eigenvalue weighted by Crippen LogP contribution is -2.47. The molecule has 1 aromatic heterocycles. The van der Waals surface area contributed by atoms with Crippen molar-refractivity contribution in [2.45, 2.75) is 43.7 Å². The van der Waals surface area contributed by atoms with Crippen LogP contribution in [0.5, 0.6) is 0 Å². The summed E-state index contributed by atoms with van der Waals surface area (Å²) in [7, 11) is -6.89. The molecule has 1 fully saturated rings. The average Bonchev–Trinajstić information content (AvgIpc) is 3.27. The van der Waals surface area contributed by atoms with Gasteiger partial charge >= 0.3 is 0 Å². The minimum absolute atomic E-state index is 0.0926. The van der Waals surface area contributed by atoms with Crippen LogP contribution in [0.1, 0.15) is 41.4 Å². The van der Waals surface area contributed by atoms with Gasteiger partial charge < -0.3 is 5.32 Å². The molecule has 0 unspecified atom stereocenters. The fraction of sp³-hybridized carbons (Fsp3) is 0.450. The third-order valence-electron chi connectivity index (χ3n) is 5.09. The molecule has 2 heterocycles. The number of sulfonamides is 2. The molecule has 1 saturated heterocycles. The summed E-state index contributed by atoms with van der Waals surface area (Å²) in [4.78, 5) is 13.5. The van der Waals surface area contributed by atoms with Crippen LogP contribution in [0.15, 0.2) is 46.7 Å². The SMILES string of the molecule is CCCS(=O)(=O)N1CCC(NC(=O)c2ccc(S(=O)(=O)NCc3cccs3)cc2)CC1. The smallest absolute Gasteiger partial charge is 0.251 e. The molecule has 0 radical (unpaired) electrons. The Balaban J connectivity index is 1.53. The van der Waals surface area contributed by atoms with Crippen LogP contribution in [-0.4, -0.2) is 51.9 Å². The van der Waals surface area contributed by atoms with Gasteiger partial charge in [-0.2, -0.15) is 0 Å². The Morgan fingerprint density at radius 1 is 1.10 bits per heavy atom. The van der Waals surface area contributed by atoms with Crippen molar-refractivity contribution in [3.05, 3.63) is 52.2 Å². The fourth-order valence-electron chi connectivity index (χ4n) is 3.38. The maximum atomic E-state index is 12.5. The van der Waals surface area contributed by atoms with Gasteiger partial charge in [-0.05, 0) is 55.0 Å². The van der Waals surface area contributed by atoms with Crippen LogP contribution in [0.25, 0.3) is 0 Å². The Morgan fingerprint density at radius 2 is 1.77 bits per heavy atom. The predicted molar refractivity (Wildman–Crippen MR) is 121 cm³/mol. The van der Waals surface area contributed by atoms with Crippen LogP contribution in [0, 0.1) is 0 Å². The summed E-state index contributed by atoms with van der Waals surface area (Å²) >= 11 is 1.47. The molecule has 0 saturated carbocycles. The normalized spacial score (nSPS) is 16.3. The highest BCUT2D eigenvalue weighted by Crippen LogP contribution is 2.17. The van der Waals surface area contributed by atoms with E-state index in [2.05, 4.69) is 10.0 Å². The number of piperidine rings is 1. The first-order valence-corrected chi connectivity index (χ1v) is 14.1. The molecule has 11 heteroatoms. The number of carbonyl (C=O) groups is 1. The average molecular weight is 486 g/mol. The predicted octanol–water partition coefficient (Wildman–Crippen LogP) is 2.16. The standard InChI is InChI=1S/C20H27N3O5S3/c1-2-14-30(25,26)23-11-9-17(10-12-23)22-20(24)16-5-7-19(8-6-16)31(27,28)21-15-18-4-3-13-29-18/h3-8,13,17,21H,2,9-12,14-15H2,1H3,(H,22,24). The van der Waals surface area contributed by atoms with E-state index in [9.17, 15) is 21.6 Å². The van der Waals surface area contributed by atoms with Crippen LogP contribution >= 0.6 is 11.3 Å². The van der Waals surface area contributed by atoms with E-state index in [1.165, 1.54) is 39.9 Å². The van der Waals surface area contributed by atoms with E-state index in [1.807, 2.05) is 24.4 Å². The quantitative estimate of drug-likeness (QED) is 0.565. The topological polar surface area (TPSA) is 113 Å². The van der Waals surface area contributed by atoms with Crippen LogP contribution < -0.4 is 10.0 Å². The second-order valence-electron chi connectivity index (χ2n) is 7.39. The second kappa shape index (κ2) is 10.2. The highest BCUT2D eigenvalue weighted by atomic mass is 32.2. The van der Waals surface area contributed by atoms with Crippen molar-refractivity contribution >= 4 is 37.3 Å². The summed E-state index contributed by atoms with van der Waals surface area (Å²) in [5.41, 5.74) is 0.359. The van der Waals surface area contributed by atoms with Gasteiger partial charge in [-0.15, -0.1) is 11.3 Å². The van der Waals surface area contributed by atoms with Gasteiger partial charge in [0.2, 0.25) is 20.0 Å². The highest BCUT2D eigenvalue weighted by Gasteiger charge is 2.28. The first-order valence-electron chi connectivity index (χ1n) is 10.1. The van der Waals surface area contributed by atoms with Crippen molar-refractivity contribution < 1.29 is 21.6 Å². The molecule has 8 nitrogen and oxygen atoms in total. The maximum Gasteiger partial charge on any atom is 0.251 e. The Labute approximate surface area is 187 Å². The van der Waals surface area contributed by atoms with Crippen molar-refractivity contribution in [2.24, 2.45) is 0 Å². The van der Waals surface area contributed by atoms with Crippen LogP contribution in [-0.2, 0) is 26.6 Å². The lowest BCUT2D eigenvalue weighted by molar-refractivity contribution is 0.0923. The first kappa shape index (κ1) is 23.9. The van der Waals surface area contributed by atoms with Gasteiger partial charge in [0.1, 0.15) is 0 Å². The van der Waals surface area contributed by atoms with Crippen molar-refractivity contribution in [3.63, 3.8) is 0 Å². The molecule has 3 rings (SSSR count). The Kier molecular flexibility index (Phi) is 7.87. The Hall–Kier alpha value is -1.79. The number of hydrogen-bond acceptors (Lipinski definition) is 6. The molecule has 0 bridgehead atoms. The molecular weight excluding hydrogens is 458 g/mol. The van der Waals surface area contributed by atoms with E-state index in [-0.39, 0.29) is 29.1 Å². The van der Waals surface area contributed by atoms with Gasteiger partial charge in [0.15, 0.2) is 0 Å². The summed E-state index contributed by atoms with van der Waals surface area (Å²) in [5.74, 6) is -0.160. The number of hydrogen-bond donors (Lipinski definition) is 2. The molecule has 1 aromatic carbocycles. The number of benzene rings is 1. The second-order valence-corrected chi connectivity index (χ2v) is 12.3. The van der Waals surface area contributed by atoms with Crippen molar-refractivity contribution in [1.82, 2.24) is 14.3 Å². The number of nitrogens with zero attached hydrogens (tertiary/aromatic N) is 1. The maximum absolute atomic E-state index is 12.5. The molecule has 1 amide bonds. The highest BCUT2D eigenvalue weighted by molar-refractivity contribution is 7.89. The molecule has 2 N–H and O–H groups in total. The molecule has 31 heavy (non-hydrogen) atoms. The molecule has 1 aliphatic heterocycles. The minimum Gasteiger partial charge on any atom is -0.349 e. The molecule has 0 spiro atoms. The van der Waals surface area contributed by atoms with Crippen molar-refractivity contribution in [3.8, 4) is 0 Å². The third-order valence-corrected chi connectivity index (χ3v) is 9.46. The van der Waals surface area contributed by atoms with Crippen molar-refractivity contribution in [1.29, 1.82) is 0 Å². The van der Waals surface area contributed by atoms with E-state index in [4.69, 9.17) is 0 Å². The van der Waals surface area contributed by atoms with Gasteiger partial charge in [-0.3, -0.25) is 4.79 Å². The zero-order valence-electron chi connectivity index (χ0n) is 17.3. The Bertz CT molecular complexity index is 1070. The van der Waals surface area contributed by atoms with Crippen LogP contribution in [0.3, 0.4) is 0 Å². The van der Waals surface area contributed by atoms with E-state index in [1.54, 1.807) is 0 Å². The van der Waals surface area contributed by atoms with Crippen LogP contribution in [0.2, 0.25) is 0 Å². The van der Waals surface area contributed by atoms with Gasteiger partial charge in [-0.25, -0.2) is 25.9 Å². The number of nitrogens with one attached hydrogen (secondary N) is 2. The zero-order chi connectivity index (χ0) is 22.5. The van der Waals surface area contributed by atoms with Gasteiger partial charge in [0.25, 0.3) is 5.91 Å². The monoisotopic (exact) mass is 485 g/mol. The number of rotatable bonds is 9. The fourth-order valence-corrected chi connectivity index (χ4v) is 6.67. The van der Waals surface area contributed by atoms with Gasteiger partial charge in [0, 0.05) is 36.1 Å². The van der Waals surface area contributed by atoms with Gasteiger partial charge in [-0.1, -0.05) is 13.0 Å². The number of amides is 1. The number of carbonyl (C=O) groups excluding carboxylic acids is 1. The largest absolute Gasteiger partial charge is 0.349 e. The molecule has 1 aliphatic rings. The summed E-state index contributed by atoms with van der Waals surface area (Å²) in [6.45, 7) is 2.83. The van der Waals surface area contributed by atoms with E-state index in [0.717, 1.165) is 4.88 Å². The third kappa shape index (κ3) is 6.36. The summed E-state index contributed by atoms with van der Waals surface area (Å²) in [5, 5.41) is 4.80.